The van der Waals surface area contributed by atoms with Gasteiger partial charge in [-0.1, -0.05) is 6.07 Å². The topological polar surface area (TPSA) is 98.2 Å². The number of hydrogen-bond acceptors (Lipinski definition) is 6. The number of ether oxygens (including phenoxy) is 2. The van der Waals surface area contributed by atoms with Crippen molar-refractivity contribution in [2.24, 2.45) is 0 Å². The van der Waals surface area contributed by atoms with Gasteiger partial charge in [0.15, 0.2) is 0 Å². The van der Waals surface area contributed by atoms with Crippen molar-refractivity contribution in [3.05, 3.63) is 53.3 Å². The third kappa shape index (κ3) is 3.48. The summed E-state index contributed by atoms with van der Waals surface area (Å²) >= 11 is 0. The number of anilines is 1. The third-order valence-electron chi connectivity index (χ3n) is 2.75. The van der Waals surface area contributed by atoms with E-state index in [2.05, 4.69) is 4.98 Å². The van der Waals surface area contributed by atoms with Crippen LogP contribution in [-0.4, -0.2) is 18.1 Å². The summed E-state index contributed by atoms with van der Waals surface area (Å²) in [4.78, 5) is 15.7. The Morgan fingerprint density at radius 3 is 2.81 bits per heavy atom. The Kier molecular flexibility index (Phi) is 4.36. The molecule has 1 aromatic carbocycles. The molecule has 2 aromatic rings. The van der Waals surface area contributed by atoms with Gasteiger partial charge in [0.1, 0.15) is 24.1 Å². The van der Waals surface area contributed by atoms with Crippen LogP contribution in [0.1, 0.15) is 21.6 Å². The van der Waals surface area contributed by atoms with E-state index in [1.165, 1.54) is 19.4 Å². The highest BCUT2D eigenvalue weighted by atomic mass is 16.5. The molecule has 1 aromatic heterocycles. The molecule has 0 radical (unpaired) electrons. The number of nitrogens with two attached hydrogens (primary N) is 1. The van der Waals surface area contributed by atoms with E-state index in [1.807, 2.05) is 6.07 Å². The third-order valence-corrected chi connectivity index (χ3v) is 2.75. The van der Waals surface area contributed by atoms with Crippen LogP contribution < -0.4 is 10.5 Å². The van der Waals surface area contributed by atoms with Gasteiger partial charge < -0.3 is 15.2 Å². The summed E-state index contributed by atoms with van der Waals surface area (Å²) in [7, 11) is 1.49. The van der Waals surface area contributed by atoms with Crippen molar-refractivity contribution in [2.75, 3.05) is 12.8 Å². The highest BCUT2D eigenvalue weighted by Crippen LogP contribution is 2.19. The van der Waals surface area contributed by atoms with Crippen molar-refractivity contribution in [3.63, 3.8) is 0 Å². The van der Waals surface area contributed by atoms with Crippen molar-refractivity contribution < 1.29 is 14.3 Å². The molecule has 0 aliphatic rings. The van der Waals surface area contributed by atoms with Gasteiger partial charge in [-0.3, -0.25) is 0 Å². The zero-order valence-corrected chi connectivity index (χ0v) is 11.4. The molecule has 0 fully saturated rings. The van der Waals surface area contributed by atoms with Crippen LogP contribution >= 0.6 is 0 Å². The number of carbonyl (C=O) groups is 1. The first-order valence-electron chi connectivity index (χ1n) is 6.09. The van der Waals surface area contributed by atoms with Crippen molar-refractivity contribution in [3.8, 4) is 11.8 Å². The zero-order valence-electron chi connectivity index (χ0n) is 11.4. The van der Waals surface area contributed by atoms with Crippen LogP contribution in [0.25, 0.3) is 0 Å². The molecule has 0 amide bonds. The molecule has 0 aliphatic carbocycles. The largest absolute Gasteiger partial charge is 0.495 e. The maximum Gasteiger partial charge on any atom is 0.357 e. The Bertz CT molecular complexity index is 690. The lowest BCUT2D eigenvalue weighted by Gasteiger charge is -2.07. The van der Waals surface area contributed by atoms with Gasteiger partial charge >= 0.3 is 5.97 Å². The summed E-state index contributed by atoms with van der Waals surface area (Å²) in [6, 6.07) is 10.1. The Morgan fingerprint density at radius 1 is 1.38 bits per heavy atom. The molecule has 0 saturated heterocycles. The van der Waals surface area contributed by atoms with Gasteiger partial charge in [0.25, 0.3) is 0 Å². The number of nitriles is 1. The van der Waals surface area contributed by atoms with Crippen LogP contribution in [-0.2, 0) is 11.3 Å². The van der Waals surface area contributed by atoms with E-state index >= 15 is 0 Å². The molecule has 2 N–H and O–H groups in total. The number of carbonyl (C=O) groups excluding carboxylic acids is 1. The van der Waals surface area contributed by atoms with E-state index in [-0.39, 0.29) is 12.3 Å². The number of methoxy groups -OCH3 is 1. The van der Waals surface area contributed by atoms with Crippen molar-refractivity contribution in [2.45, 2.75) is 6.61 Å². The number of esters is 1. The van der Waals surface area contributed by atoms with Crippen LogP contribution in [0.15, 0.2) is 36.5 Å². The first-order chi connectivity index (χ1) is 10.1. The minimum absolute atomic E-state index is 0.0452. The first kappa shape index (κ1) is 14.3. The van der Waals surface area contributed by atoms with Gasteiger partial charge in [0.05, 0.1) is 24.6 Å². The van der Waals surface area contributed by atoms with Crippen LogP contribution in [0.3, 0.4) is 0 Å². The minimum Gasteiger partial charge on any atom is -0.495 e. The number of pyridine rings is 1. The van der Waals surface area contributed by atoms with Crippen LogP contribution in [0, 0.1) is 11.3 Å². The molecule has 0 bridgehead atoms. The van der Waals surface area contributed by atoms with Gasteiger partial charge in [0, 0.05) is 0 Å². The predicted molar refractivity (Wildman–Crippen MR) is 75.5 cm³/mol. The van der Waals surface area contributed by atoms with E-state index in [0.717, 1.165) is 0 Å². The SMILES string of the molecule is COc1ccc(COC(=O)c2ccc(N)cn2)cc1C#N. The van der Waals surface area contributed by atoms with Crippen molar-refractivity contribution in [1.29, 1.82) is 5.26 Å². The number of rotatable bonds is 4. The maximum absolute atomic E-state index is 11.8. The molecule has 0 atom stereocenters. The van der Waals surface area contributed by atoms with Crippen molar-refractivity contribution in [1.82, 2.24) is 4.98 Å². The van der Waals surface area contributed by atoms with Gasteiger partial charge in [-0.2, -0.15) is 5.26 Å². The molecule has 0 saturated carbocycles. The predicted octanol–water partition coefficient (Wildman–Crippen LogP) is 1.90. The van der Waals surface area contributed by atoms with E-state index in [1.54, 1.807) is 24.3 Å². The lowest BCUT2D eigenvalue weighted by Crippen LogP contribution is -2.07. The molecule has 21 heavy (non-hydrogen) atoms. The Labute approximate surface area is 121 Å². The molecule has 6 heteroatoms. The monoisotopic (exact) mass is 283 g/mol. The van der Waals surface area contributed by atoms with Gasteiger partial charge in [-0.25, -0.2) is 9.78 Å². The van der Waals surface area contributed by atoms with Crippen molar-refractivity contribution >= 4 is 11.7 Å². The van der Waals surface area contributed by atoms with Gasteiger partial charge in [-0.05, 0) is 29.8 Å². The Hall–Kier alpha value is -3.07. The Morgan fingerprint density at radius 2 is 2.19 bits per heavy atom. The molecular formula is C15H13N3O3. The average molecular weight is 283 g/mol. The van der Waals surface area contributed by atoms with Crippen LogP contribution in [0.2, 0.25) is 0 Å². The smallest absolute Gasteiger partial charge is 0.357 e. The number of benzene rings is 1. The molecule has 6 nitrogen and oxygen atoms in total. The summed E-state index contributed by atoms with van der Waals surface area (Å²) in [5, 5.41) is 9.00. The maximum atomic E-state index is 11.8. The van der Waals surface area contributed by atoms with E-state index in [4.69, 9.17) is 20.5 Å². The summed E-state index contributed by atoms with van der Waals surface area (Å²) in [6.45, 7) is 0.0452. The number of hydrogen-bond donors (Lipinski definition) is 1. The second-order valence-corrected chi connectivity index (χ2v) is 4.20. The molecule has 0 unspecified atom stereocenters. The number of nitrogens with zero attached hydrogens (tertiary/aromatic N) is 2. The normalized spacial score (nSPS) is 9.71. The fourth-order valence-electron chi connectivity index (χ4n) is 1.68. The fourth-order valence-corrected chi connectivity index (χ4v) is 1.68. The lowest BCUT2D eigenvalue weighted by atomic mass is 10.1. The molecule has 106 valence electrons. The molecule has 1 heterocycles. The highest BCUT2D eigenvalue weighted by Gasteiger charge is 2.10. The number of nitrogen functional groups attached to an aromatic ring is 1. The standard InChI is InChI=1S/C15H13N3O3/c1-20-14-5-2-10(6-11(14)7-16)9-21-15(19)13-4-3-12(17)8-18-13/h2-6,8H,9,17H2,1H3. The highest BCUT2D eigenvalue weighted by molar-refractivity contribution is 5.87. The van der Waals surface area contributed by atoms with E-state index < -0.39 is 5.97 Å². The van der Waals surface area contributed by atoms with Gasteiger partial charge in [-0.15, -0.1) is 0 Å². The molecule has 0 spiro atoms. The molecular weight excluding hydrogens is 270 g/mol. The lowest BCUT2D eigenvalue weighted by molar-refractivity contribution is 0.0466. The summed E-state index contributed by atoms with van der Waals surface area (Å²) < 4.78 is 10.2. The summed E-state index contributed by atoms with van der Waals surface area (Å²) in [5.41, 5.74) is 7.22. The second-order valence-electron chi connectivity index (χ2n) is 4.20. The molecule has 2 rings (SSSR count). The quantitative estimate of drug-likeness (QED) is 0.860. The first-order valence-corrected chi connectivity index (χ1v) is 6.09. The summed E-state index contributed by atoms with van der Waals surface area (Å²) in [5.74, 6) is -0.0721. The van der Waals surface area contributed by atoms with Crippen LogP contribution in [0.4, 0.5) is 5.69 Å². The summed E-state index contributed by atoms with van der Waals surface area (Å²) in [6.07, 6.45) is 1.39. The van der Waals surface area contributed by atoms with Gasteiger partial charge in [0.2, 0.25) is 0 Å². The van der Waals surface area contributed by atoms with Crippen LogP contribution in [0.5, 0.6) is 5.75 Å². The fraction of sp³-hybridized carbons (Fsp3) is 0.133. The molecule has 0 aliphatic heterocycles. The van der Waals surface area contributed by atoms with E-state index in [9.17, 15) is 4.79 Å². The zero-order chi connectivity index (χ0) is 15.2. The Balaban J connectivity index is 2.04. The van der Waals surface area contributed by atoms with E-state index in [0.29, 0.717) is 22.6 Å². The second kappa shape index (κ2) is 6.39. The number of aromatic nitrogens is 1. The minimum atomic E-state index is -0.552. The average Bonchev–Trinajstić information content (AvgIpc) is 2.52.